The molecule has 0 aromatic heterocycles. The number of benzene rings is 1. The smallest absolute Gasteiger partial charge is 0.315 e. The molecule has 7 heteroatoms. The molecule has 3 rings (SSSR count). The Hall–Kier alpha value is -2.28. The molecular weight excluding hydrogens is 308 g/mol. The molecule has 0 bridgehead atoms. The van der Waals surface area contributed by atoms with Crippen molar-refractivity contribution in [2.24, 2.45) is 5.92 Å². The summed E-state index contributed by atoms with van der Waals surface area (Å²) in [6.45, 7) is 4.54. The molecule has 2 heterocycles. The van der Waals surface area contributed by atoms with Gasteiger partial charge in [-0.1, -0.05) is 12.1 Å². The average Bonchev–Trinajstić information content (AvgIpc) is 3.12. The van der Waals surface area contributed by atoms with Gasteiger partial charge < -0.3 is 25.6 Å². The Kier molecular flexibility index (Phi) is 5.53. The number of ether oxygens (including phenoxy) is 1. The largest absolute Gasteiger partial charge is 0.381 e. The fourth-order valence-corrected chi connectivity index (χ4v) is 2.91. The van der Waals surface area contributed by atoms with E-state index in [4.69, 9.17) is 4.74 Å². The predicted octanol–water partition coefficient (Wildman–Crippen LogP) is 0.459. The highest BCUT2D eigenvalue weighted by atomic mass is 16.5. The van der Waals surface area contributed by atoms with Gasteiger partial charge in [-0.3, -0.25) is 4.79 Å². The Labute approximate surface area is 141 Å². The number of rotatable bonds is 5. The normalized spacial score (nSPS) is 20.6. The van der Waals surface area contributed by atoms with Gasteiger partial charge in [0.1, 0.15) is 0 Å². The van der Waals surface area contributed by atoms with Crippen LogP contribution < -0.4 is 20.9 Å². The third-order valence-electron chi connectivity index (χ3n) is 4.37. The molecule has 2 fully saturated rings. The topological polar surface area (TPSA) is 82.7 Å². The number of hydrogen-bond acceptors (Lipinski definition) is 4. The lowest BCUT2D eigenvalue weighted by Gasteiger charge is -2.28. The molecule has 0 aliphatic carbocycles. The van der Waals surface area contributed by atoms with Crippen molar-refractivity contribution in [2.45, 2.75) is 13.0 Å². The molecule has 0 spiro atoms. The summed E-state index contributed by atoms with van der Waals surface area (Å²) in [5, 5.41) is 8.56. The van der Waals surface area contributed by atoms with E-state index >= 15 is 0 Å². The summed E-state index contributed by atoms with van der Waals surface area (Å²) < 4.78 is 5.29. The summed E-state index contributed by atoms with van der Waals surface area (Å²) in [5.41, 5.74) is 2.05. The molecule has 1 aromatic carbocycles. The maximum Gasteiger partial charge on any atom is 0.315 e. The van der Waals surface area contributed by atoms with Crippen LogP contribution in [0.2, 0.25) is 0 Å². The molecule has 24 heavy (non-hydrogen) atoms. The zero-order chi connectivity index (χ0) is 16.8. The van der Waals surface area contributed by atoms with Crippen LogP contribution in [0.15, 0.2) is 24.3 Å². The number of carbonyl (C=O) groups is 2. The molecule has 2 aliphatic heterocycles. The predicted molar refractivity (Wildman–Crippen MR) is 90.8 cm³/mol. The number of anilines is 1. The molecule has 1 aromatic rings. The van der Waals surface area contributed by atoms with Crippen LogP contribution in [0.4, 0.5) is 10.5 Å². The summed E-state index contributed by atoms with van der Waals surface area (Å²) in [7, 11) is 0. The van der Waals surface area contributed by atoms with Crippen LogP contribution in [-0.2, 0) is 16.1 Å². The number of urea groups is 1. The lowest BCUT2D eigenvalue weighted by atomic mass is 10.1. The van der Waals surface area contributed by atoms with E-state index in [1.807, 2.05) is 29.2 Å². The quantitative estimate of drug-likeness (QED) is 0.731. The lowest BCUT2D eigenvalue weighted by molar-refractivity contribution is -0.120. The van der Waals surface area contributed by atoms with Crippen molar-refractivity contribution in [1.29, 1.82) is 0 Å². The first kappa shape index (κ1) is 16.6. The Balaban J connectivity index is 1.42. The van der Waals surface area contributed by atoms with Gasteiger partial charge in [-0.05, 0) is 24.1 Å². The van der Waals surface area contributed by atoms with Gasteiger partial charge in [-0.25, -0.2) is 4.79 Å². The van der Waals surface area contributed by atoms with Gasteiger partial charge in [0.05, 0.1) is 13.2 Å². The van der Waals surface area contributed by atoms with Crippen molar-refractivity contribution in [3.05, 3.63) is 29.8 Å². The maximum absolute atomic E-state index is 11.8. The molecule has 3 amide bonds. The molecule has 2 aliphatic rings. The first-order valence-electron chi connectivity index (χ1n) is 8.41. The van der Waals surface area contributed by atoms with Gasteiger partial charge in [-0.2, -0.15) is 0 Å². The number of amides is 3. The molecular formula is C17H24N4O3. The molecule has 0 saturated carbocycles. The standard InChI is InChI=1S/C17H24N4O3/c22-16-11-21(7-6-18-16)15-3-1-13(2-4-15)9-19-17(23)20-10-14-5-8-24-12-14/h1-4,14H,5-12H2,(H,18,22)(H2,19,20,23)/t14-/m1/s1. The van der Waals surface area contributed by atoms with Gasteiger partial charge in [-0.15, -0.1) is 0 Å². The van der Waals surface area contributed by atoms with Crippen LogP contribution in [0, 0.1) is 5.92 Å². The minimum Gasteiger partial charge on any atom is -0.381 e. The summed E-state index contributed by atoms with van der Waals surface area (Å²) >= 11 is 0. The second kappa shape index (κ2) is 8.01. The molecule has 3 N–H and O–H groups in total. The van der Waals surface area contributed by atoms with Crippen LogP contribution >= 0.6 is 0 Å². The van der Waals surface area contributed by atoms with Crippen molar-refractivity contribution >= 4 is 17.6 Å². The van der Waals surface area contributed by atoms with Crippen LogP contribution in [-0.4, -0.2) is 51.3 Å². The number of nitrogens with one attached hydrogen (secondary N) is 3. The number of piperazine rings is 1. The van der Waals surface area contributed by atoms with Crippen LogP contribution in [0.5, 0.6) is 0 Å². The lowest BCUT2D eigenvalue weighted by Crippen LogP contribution is -2.47. The third kappa shape index (κ3) is 4.61. The zero-order valence-corrected chi connectivity index (χ0v) is 13.7. The summed E-state index contributed by atoms with van der Waals surface area (Å²) in [6.07, 6.45) is 1.01. The van der Waals surface area contributed by atoms with Gasteiger partial charge in [0.2, 0.25) is 5.91 Å². The van der Waals surface area contributed by atoms with E-state index in [9.17, 15) is 9.59 Å². The fraction of sp³-hybridized carbons (Fsp3) is 0.529. The second-order valence-corrected chi connectivity index (χ2v) is 6.23. The Morgan fingerprint density at radius 3 is 2.83 bits per heavy atom. The highest BCUT2D eigenvalue weighted by molar-refractivity contribution is 5.82. The van der Waals surface area contributed by atoms with Gasteiger partial charge in [0.25, 0.3) is 0 Å². The van der Waals surface area contributed by atoms with E-state index in [2.05, 4.69) is 16.0 Å². The van der Waals surface area contributed by atoms with Gasteiger partial charge in [0.15, 0.2) is 0 Å². The van der Waals surface area contributed by atoms with E-state index in [-0.39, 0.29) is 11.9 Å². The average molecular weight is 332 g/mol. The molecule has 130 valence electrons. The highest BCUT2D eigenvalue weighted by Gasteiger charge is 2.17. The minimum absolute atomic E-state index is 0.0522. The van der Waals surface area contributed by atoms with Crippen molar-refractivity contribution < 1.29 is 14.3 Å². The first-order chi connectivity index (χ1) is 11.7. The molecule has 0 radical (unpaired) electrons. The summed E-state index contributed by atoms with van der Waals surface area (Å²) in [5.74, 6) is 0.480. The fourth-order valence-electron chi connectivity index (χ4n) is 2.91. The van der Waals surface area contributed by atoms with Crippen LogP contribution in [0.1, 0.15) is 12.0 Å². The Morgan fingerprint density at radius 1 is 1.29 bits per heavy atom. The third-order valence-corrected chi connectivity index (χ3v) is 4.37. The van der Waals surface area contributed by atoms with Crippen molar-refractivity contribution in [3.63, 3.8) is 0 Å². The highest BCUT2D eigenvalue weighted by Crippen LogP contribution is 2.16. The molecule has 2 saturated heterocycles. The van der Waals surface area contributed by atoms with Crippen molar-refractivity contribution in [2.75, 3.05) is 44.3 Å². The molecule has 0 unspecified atom stereocenters. The maximum atomic E-state index is 11.8. The SMILES string of the molecule is O=C1CN(c2ccc(CNC(=O)NC[C@H]3CCOC3)cc2)CCN1. The first-order valence-corrected chi connectivity index (χ1v) is 8.41. The Bertz CT molecular complexity index is 570. The van der Waals surface area contributed by atoms with Crippen molar-refractivity contribution in [3.8, 4) is 0 Å². The van der Waals surface area contributed by atoms with E-state index in [0.717, 1.165) is 37.4 Å². The second-order valence-electron chi connectivity index (χ2n) is 6.23. The summed E-state index contributed by atoms with van der Waals surface area (Å²) in [6, 6.07) is 7.78. The minimum atomic E-state index is -0.154. The van der Waals surface area contributed by atoms with Crippen molar-refractivity contribution in [1.82, 2.24) is 16.0 Å². The number of hydrogen-bond donors (Lipinski definition) is 3. The van der Waals surface area contributed by atoms with Gasteiger partial charge in [0, 0.05) is 44.4 Å². The summed E-state index contributed by atoms with van der Waals surface area (Å²) in [4.78, 5) is 25.3. The number of nitrogens with zero attached hydrogens (tertiary/aromatic N) is 1. The molecule has 1 atom stereocenters. The van der Waals surface area contributed by atoms with E-state index in [0.29, 0.717) is 32.1 Å². The number of carbonyl (C=O) groups excluding carboxylic acids is 2. The Morgan fingerprint density at radius 2 is 2.12 bits per heavy atom. The van der Waals surface area contributed by atoms with E-state index < -0.39 is 0 Å². The van der Waals surface area contributed by atoms with E-state index in [1.165, 1.54) is 0 Å². The van der Waals surface area contributed by atoms with Gasteiger partial charge >= 0.3 is 6.03 Å². The monoisotopic (exact) mass is 332 g/mol. The molecule has 7 nitrogen and oxygen atoms in total. The van der Waals surface area contributed by atoms with Crippen LogP contribution in [0.25, 0.3) is 0 Å². The zero-order valence-electron chi connectivity index (χ0n) is 13.7. The van der Waals surface area contributed by atoms with Crippen LogP contribution in [0.3, 0.4) is 0 Å². The van der Waals surface area contributed by atoms with E-state index in [1.54, 1.807) is 0 Å².